The molecule has 0 aromatic heterocycles. The highest BCUT2D eigenvalue weighted by atomic mass is 32.2. The summed E-state index contributed by atoms with van der Waals surface area (Å²) in [5.74, 6) is -0.810. The largest absolute Gasteiger partial charge is 0.481 e. The van der Waals surface area contributed by atoms with Gasteiger partial charge in [0.1, 0.15) is 0 Å². The molecule has 0 atom stereocenters. The molecule has 100 valence electrons. The zero-order valence-corrected chi connectivity index (χ0v) is 11.6. The first kappa shape index (κ1) is 14.7. The maximum atomic E-state index is 11.6. The molecular weight excluding hydrogens is 252 g/mol. The number of sulfone groups is 1. The minimum atomic E-state index is -3.20. The number of carboxylic acids is 1. The number of hydrogen-bond acceptors (Lipinski definition) is 3. The molecule has 1 aromatic rings. The molecule has 0 saturated heterocycles. The van der Waals surface area contributed by atoms with Gasteiger partial charge in [-0.15, -0.1) is 0 Å². The second-order valence-corrected chi connectivity index (χ2v) is 7.16. The third-order valence-electron chi connectivity index (χ3n) is 2.97. The summed E-state index contributed by atoms with van der Waals surface area (Å²) in [5.41, 5.74) is 0.306. The highest BCUT2D eigenvalue weighted by Crippen LogP contribution is 2.28. The first-order valence-electron chi connectivity index (χ1n) is 5.74. The summed E-state index contributed by atoms with van der Waals surface area (Å²) in [7, 11) is -3.20. The Morgan fingerprint density at radius 3 is 2.11 bits per heavy atom. The Morgan fingerprint density at radius 2 is 1.72 bits per heavy atom. The van der Waals surface area contributed by atoms with E-state index in [2.05, 4.69) is 0 Å². The van der Waals surface area contributed by atoms with Crippen LogP contribution in [0.15, 0.2) is 29.2 Å². The molecule has 18 heavy (non-hydrogen) atoms. The summed E-state index contributed by atoms with van der Waals surface area (Å²) in [4.78, 5) is 11.0. The molecule has 0 aliphatic heterocycles. The van der Waals surface area contributed by atoms with E-state index in [1.165, 1.54) is 12.1 Å². The number of benzene rings is 1. The Kier molecular flexibility index (Phi) is 4.16. The van der Waals surface area contributed by atoms with Crippen LogP contribution in [0.25, 0.3) is 0 Å². The van der Waals surface area contributed by atoms with E-state index in [-0.39, 0.29) is 17.1 Å². The molecule has 0 amide bonds. The molecule has 5 heteroatoms. The van der Waals surface area contributed by atoms with Gasteiger partial charge in [0.25, 0.3) is 0 Å². The molecule has 4 nitrogen and oxygen atoms in total. The highest BCUT2D eigenvalue weighted by Gasteiger charge is 2.24. The van der Waals surface area contributed by atoms with Gasteiger partial charge in [0.15, 0.2) is 9.84 Å². The summed E-state index contributed by atoms with van der Waals surface area (Å²) in [6.45, 7) is 5.24. The van der Waals surface area contributed by atoms with Crippen LogP contribution in [0.1, 0.15) is 32.8 Å². The molecule has 0 heterocycles. The Labute approximate surface area is 108 Å². The fraction of sp³-hybridized carbons (Fsp3) is 0.462. The molecular formula is C13H18O4S. The van der Waals surface area contributed by atoms with E-state index >= 15 is 0 Å². The van der Waals surface area contributed by atoms with Crippen LogP contribution in [-0.2, 0) is 20.0 Å². The zero-order chi connectivity index (χ0) is 14.0. The number of carboxylic acid groups (broad SMARTS) is 1. The molecule has 0 aliphatic rings. The molecule has 1 N–H and O–H groups in total. The third kappa shape index (κ3) is 3.32. The highest BCUT2D eigenvalue weighted by molar-refractivity contribution is 7.91. The molecule has 0 fully saturated rings. The van der Waals surface area contributed by atoms with Gasteiger partial charge in [-0.1, -0.05) is 32.9 Å². The predicted octanol–water partition coefficient (Wildman–Crippen LogP) is 2.23. The van der Waals surface area contributed by atoms with Gasteiger partial charge in [-0.2, -0.15) is 0 Å². The second-order valence-electron chi connectivity index (χ2n) is 4.88. The number of aliphatic carboxylic acids is 1. The average molecular weight is 270 g/mol. The van der Waals surface area contributed by atoms with Crippen molar-refractivity contribution in [3.05, 3.63) is 29.8 Å². The topological polar surface area (TPSA) is 71.4 Å². The first-order valence-corrected chi connectivity index (χ1v) is 7.39. The van der Waals surface area contributed by atoms with Gasteiger partial charge in [-0.05, 0) is 17.7 Å². The first-order chi connectivity index (χ1) is 8.19. The SMILES string of the molecule is CCS(=O)(=O)c1ccc(C(C)(C)CC(=O)O)cc1. The predicted molar refractivity (Wildman–Crippen MR) is 69.4 cm³/mol. The van der Waals surface area contributed by atoms with E-state index in [4.69, 9.17) is 5.11 Å². The summed E-state index contributed by atoms with van der Waals surface area (Å²) >= 11 is 0. The van der Waals surface area contributed by atoms with E-state index in [1.807, 2.05) is 13.8 Å². The van der Waals surface area contributed by atoms with Crippen molar-refractivity contribution in [1.82, 2.24) is 0 Å². The lowest BCUT2D eigenvalue weighted by Crippen LogP contribution is -2.21. The Bertz CT molecular complexity index is 527. The summed E-state index contributed by atoms with van der Waals surface area (Å²) in [5, 5.41) is 8.84. The molecule has 0 unspecified atom stereocenters. The van der Waals surface area contributed by atoms with Crippen molar-refractivity contribution in [2.75, 3.05) is 5.75 Å². The van der Waals surface area contributed by atoms with Gasteiger partial charge in [0, 0.05) is 5.41 Å². The van der Waals surface area contributed by atoms with E-state index in [9.17, 15) is 13.2 Å². The smallest absolute Gasteiger partial charge is 0.304 e. The van der Waals surface area contributed by atoms with Gasteiger partial charge < -0.3 is 5.11 Å². The Morgan fingerprint density at radius 1 is 1.22 bits per heavy atom. The Hall–Kier alpha value is -1.36. The van der Waals surface area contributed by atoms with Crippen LogP contribution in [0.4, 0.5) is 0 Å². The lowest BCUT2D eigenvalue weighted by atomic mass is 9.82. The van der Waals surface area contributed by atoms with Crippen LogP contribution in [0, 0.1) is 0 Å². The molecule has 0 bridgehead atoms. The van der Waals surface area contributed by atoms with Crippen LogP contribution in [0.3, 0.4) is 0 Å². The molecule has 0 aliphatic carbocycles. The fourth-order valence-corrected chi connectivity index (χ4v) is 2.64. The normalized spacial score (nSPS) is 12.4. The minimum absolute atomic E-state index is 0.00682. The summed E-state index contributed by atoms with van der Waals surface area (Å²) in [6.07, 6.45) is 0.00682. The maximum absolute atomic E-state index is 11.6. The van der Waals surface area contributed by atoms with Crippen LogP contribution >= 0.6 is 0 Å². The number of rotatable bonds is 5. The number of carbonyl (C=O) groups is 1. The van der Waals surface area contributed by atoms with Crippen molar-refractivity contribution < 1.29 is 18.3 Å². The van der Waals surface area contributed by atoms with Crippen molar-refractivity contribution >= 4 is 15.8 Å². The molecule has 0 saturated carbocycles. The van der Waals surface area contributed by atoms with E-state index in [0.717, 1.165) is 5.56 Å². The third-order valence-corrected chi connectivity index (χ3v) is 4.72. The summed E-state index contributed by atoms with van der Waals surface area (Å²) < 4.78 is 23.3. The van der Waals surface area contributed by atoms with Gasteiger partial charge in [0.2, 0.25) is 0 Å². The van der Waals surface area contributed by atoms with Gasteiger partial charge in [-0.25, -0.2) is 8.42 Å². The van der Waals surface area contributed by atoms with Gasteiger partial charge in [0.05, 0.1) is 17.1 Å². The summed E-state index contributed by atoms with van der Waals surface area (Å²) in [6, 6.07) is 6.45. The van der Waals surface area contributed by atoms with Crippen LogP contribution in [0.2, 0.25) is 0 Å². The molecule has 1 rings (SSSR count). The maximum Gasteiger partial charge on any atom is 0.304 e. The van der Waals surface area contributed by atoms with Crippen molar-refractivity contribution in [2.24, 2.45) is 0 Å². The monoisotopic (exact) mass is 270 g/mol. The quantitative estimate of drug-likeness (QED) is 0.890. The minimum Gasteiger partial charge on any atom is -0.481 e. The Balaban J connectivity index is 3.07. The zero-order valence-electron chi connectivity index (χ0n) is 10.8. The van der Waals surface area contributed by atoms with Gasteiger partial charge in [-0.3, -0.25) is 4.79 Å². The van der Waals surface area contributed by atoms with E-state index < -0.39 is 21.2 Å². The van der Waals surface area contributed by atoms with Crippen LogP contribution in [0.5, 0.6) is 0 Å². The van der Waals surface area contributed by atoms with E-state index in [1.54, 1.807) is 19.1 Å². The fourth-order valence-electron chi connectivity index (χ4n) is 1.76. The second kappa shape index (κ2) is 5.10. The lowest BCUT2D eigenvalue weighted by molar-refractivity contribution is -0.138. The van der Waals surface area contributed by atoms with Crippen LogP contribution in [-0.4, -0.2) is 25.2 Å². The van der Waals surface area contributed by atoms with Crippen molar-refractivity contribution in [3.63, 3.8) is 0 Å². The van der Waals surface area contributed by atoms with Crippen molar-refractivity contribution in [2.45, 2.75) is 37.5 Å². The molecule has 0 spiro atoms. The standard InChI is InChI=1S/C13H18O4S/c1-4-18(16,17)11-7-5-10(6-8-11)13(2,3)9-12(14)15/h5-8H,4,9H2,1-3H3,(H,14,15). The number of hydrogen-bond donors (Lipinski definition) is 1. The molecule has 0 radical (unpaired) electrons. The van der Waals surface area contributed by atoms with Gasteiger partial charge >= 0.3 is 5.97 Å². The average Bonchev–Trinajstić information content (AvgIpc) is 2.27. The van der Waals surface area contributed by atoms with E-state index in [0.29, 0.717) is 0 Å². The molecule has 1 aromatic carbocycles. The lowest BCUT2D eigenvalue weighted by Gasteiger charge is -2.23. The van der Waals surface area contributed by atoms with Crippen LogP contribution < -0.4 is 0 Å². The van der Waals surface area contributed by atoms with Crippen molar-refractivity contribution in [3.8, 4) is 0 Å². The van der Waals surface area contributed by atoms with Crippen molar-refractivity contribution in [1.29, 1.82) is 0 Å².